The normalized spacial score (nSPS) is 11.5. The van der Waals surface area contributed by atoms with Crippen LogP contribution in [0.3, 0.4) is 0 Å². The van der Waals surface area contributed by atoms with E-state index < -0.39 is 34.1 Å². The van der Waals surface area contributed by atoms with E-state index in [1.54, 1.807) is 19.1 Å². The van der Waals surface area contributed by atoms with Crippen molar-refractivity contribution in [2.75, 3.05) is 18.5 Å². The molecule has 3 rings (SSSR count). The molecule has 1 aromatic heterocycles. The molecule has 0 saturated heterocycles. The highest BCUT2D eigenvalue weighted by Crippen LogP contribution is 2.22. The molecule has 0 aliphatic rings. The largest absolute Gasteiger partial charge is 0.494 e. The third kappa shape index (κ3) is 5.68. The Balaban J connectivity index is 1.82. The second kappa shape index (κ2) is 9.71. The van der Waals surface area contributed by atoms with Crippen molar-refractivity contribution < 1.29 is 31.1 Å². The Kier molecular flexibility index (Phi) is 7.03. The van der Waals surface area contributed by atoms with E-state index in [4.69, 9.17) is 9.15 Å². The molecule has 1 heterocycles. The Hall–Kier alpha value is -3.24. The number of benzene rings is 2. The first-order chi connectivity index (χ1) is 14.8. The molecule has 0 unspecified atom stereocenters. The molecule has 3 aromatic rings. The van der Waals surface area contributed by atoms with E-state index in [1.165, 1.54) is 36.6 Å². The highest BCUT2D eigenvalue weighted by Gasteiger charge is 2.28. The molecule has 1 amide bonds. The summed E-state index contributed by atoms with van der Waals surface area (Å²) in [4.78, 5) is 12.4. The number of halogens is 2. The molecule has 0 atom stereocenters. The molecular weight excluding hydrogens is 430 g/mol. The monoisotopic (exact) mass is 450 g/mol. The topological polar surface area (TPSA) is 88.9 Å². The Morgan fingerprint density at radius 3 is 2.45 bits per heavy atom. The minimum Gasteiger partial charge on any atom is -0.494 e. The first-order valence-corrected chi connectivity index (χ1v) is 10.7. The Morgan fingerprint density at radius 1 is 1.10 bits per heavy atom. The molecule has 7 nitrogen and oxygen atoms in total. The summed E-state index contributed by atoms with van der Waals surface area (Å²) >= 11 is 0. The highest BCUT2D eigenvalue weighted by atomic mass is 32.2. The summed E-state index contributed by atoms with van der Waals surface area (Å²) in [5, 5.41) is 2.37. The van der Waals surface area contributed by atoms with Gasteiger partial charge in [0, 0.05) is 11.8 Å². The number of hydrogen-bond donors (Lipinski definition) is 1. The Labute approximate surface area is 178 Å². The van der Waals surface area contributed by atoms with Crippen LogP contribution in [0.1, 0.15) is 12.7 Å². The van der Waals surface area contributed by atoms with Crippen molar-refractivity contribution in [2.24, 2.45) is 0 Å². The molecule has 31 heavy (non-hydrogen) atoms. The molecule has 2 aromatic carbocycles. The number of amides is 1. The van der Waals surface area contributed by atoms with Crippen molar-refractivity contribution in [3.8, 4) is 5.75 Å². The van der Waals surface area contributed by atoms with Crippen LogP contribution in [0, 0.1) is 11.6 Å². The van der Waals surface area contributed by atoms with Gasteiger partial charge in [-0.2, -0.15) is 4.31 Å². The molecular formula is C21H20F2N2O5S. The maximum Gasteiger partial charge on any atom is 0.243 e. The SMILES string of the molecule is CCOc1ccc(S(=O)(=O)N(CC(=O)Nc2ccc(F)c(F)c2)Cc2ccco2)cc1. The van der Waals surface area contributed by atoms with Gasteiger partial charge in [0.1, 0.15) is 11.5 Å². The van der Waals surface area contributed by atoms with Gasteiger partial charge in [0.2, 0.25) is 15.9 Å². The summed E-state index contributed by atoms with van der Waals surface area (Å²) in [6.45, 7) is 1.46. The summed E-state index contributed by atoms with van der Waals surface area (Å²) in [5.41, 5.74) is 0.000291. The van der Waals surface area contributed by atoms with Crippen LogP contribution >= 0.6 is 0 Å². The van der Waals surface area contributed by atoms with Crippen LogP contribution in [0.15, 0.2) is 70.2 Å². The van der Waals surface area contributed by atoms with Crippen LogP contribution in [-0.2, 0) is 21.4 Å². The van der Waals surface area contributed by atoms with Gasteiger partial charge in [-0.1, -0.05) is 0 Å². The standard InChI is InChI=1S/C21H20F2N2O5S/c1-2-29-16-6-8-18(9-7-16)31(27,28)25(13-17-4-3-11-30-17)14-21(26)24-15-5-10-19(22)20(23)12-15/h3-12H,2,13-14H2,1H3,(H,24,26). The fourth-order valence-corrected chi connectivity index (χ4v) is 4.12. The zero-order valence-electron chi connectivity index (χ0n) is 16.5. The summed E-state index contributed by atoms with van der Waals surface area (Å²) in [6, 6.07) is 11.8. The van der Waals surface area contributed by atoms with Crippen molar-refractivity contribution in [3.05, 3.63) is 78.3 Å². The van der Waals surface area contributed by atoms with E-state index in [-0.39, 0.29) is 17.1 Å². The maximum atomic E-state index is 13.4. The molecule has 0 bridgehead atoms. The van der Waals surface area contributed by atoms with Gasteiger partial charge in [-0.05, 0) is 55.5 Å². The number of ether oxygens (including phenoxy) is 1. The molecule has 0 aliphatic carbocycles. The van der Waals surface area contributed by atoms with Crippen LogP contribution in [0.5, 0.6) is 5.75 Å². The van der Waals surface area contributed by atoms with E-state index in [1.807, 2.05) is 0 Å². The number of rotatable bonds is 9. The molecule has 164 valence electrons. The zero-order chi connectivity index (χ0) is 22.4. The minimum atomic E-state index is -4.09. The summed E-state index contributed by atoms with van der Waals surface area (Å²) in [5.74, 6) is -2.08. The summed E-state index contributed by atoms with van der Waals surface area (Å²) in [6.07, 6.45) is 1.39. The second-order valence-electron chi connectivity index (χ2n) is 6.43. The van der Waals surface area contributed by atoms with Gasteiger partial charge < -0.3 is 14.5 Å². The van der Waals surface area contributed by atoms with Gasteiger partial charge in [-0.15, -0.1) is 0 Å². The number of furan rings is 1. The quantitative estimate of drug-likeness (QED) is 0.536. The van der Waals surface area contributed by atoms with E-state index in [0.717, 1.165) is 16.4 Å². The maximum absolute atomic E-state index is 13.4. The van der Waals surface area contributed by atoms with Crippen LogP contribution in [0.25, 0.3) is 0 Å². The molecule has 0 spiro atoms. The van der Waals surface area contributed by atoms with Crippen molar-refractivity contribution in [1.82, 2.24) is 4.31 Å². The van der Waals surface area contributed by atoms with Gasteiger partial charge in [0.05, 0.1) is 30.9 Å². The van der Waals surface area contributed by atoms with Crippen molar-refractivity contribution in [2.45, 2.75) is 18.4 Å². The minimum absolute atomic E-state index is 0.000291. The number of anilines is 1. The predicted molar refractivity (Wildman–Crippen MR) is 109 cm³/mol. The number of sulfonamides is 1. The van der Waals surface area contributed by atoms with E-state index >= 15 is 0 Å². The zero-order valence-corrected chi connectivity index (χ0v) is 17.4. The number of carbonyl (C=O) groups is 1. The van der Waals surface area contributed by atoms with E-state index in [0.29, 0.717) is 18.1 Å². The smallest absolute Gasteiger partial charge is 0.243 e. The lowest BCUT2D eigenvalue weighted by Gasteiger charge is -2.21. The lowest BCUT2D eigenvalue weighted by molar-refractivity contribution is -0.116. The van der Waals surface area contributed by atoms with Gasteiger partial charge in [-0.25, -0.2) is 17.2 Å². The molecule has 0 aliphatic heterocycles. The van der Waals surface area contributed by atoms with Crippen molar-refractivity contribution >= 4 is 21.6 Å². The third-order valence-corrected chi connectivity index (χ3v) is 6.01. The predicted octanol–water partition coefficient (Wildman–Crippen LogP) is 3.79. The molecule has 0 fully saturated rings. The average Bonchev–Trinajstić information content (AvgIpc) is 3.24. The van der Waals surface area contributed by atoms with E-state index in [2.05, 4.69) is 5.32 Å². The Morgan fingerprint density at radius 2 is 1.84 bits per heavy atom. The van der Waals surface area contributed by atoms with Gasteiger partial charge >= 0.3 is 0 Å². The van der Waals surface area contributed by atoms with Crippen molar-refractivity contribution in [3.63, 3.8) is 0 Å². The van der Waals surface area contributed by atoms with Gasteiger partial charge in [0.15, 0.2) is 11.6 Å². The fraction of sp³-hybridized carbons (Fsp3) is 0.190. The number of nitrogens with one attached hydrogen (secondary N) is 1. The van der Waals surface area contributed by atoms with Crippen molar-refractivity contribution in [1.29, 1.82) is 0 Å². The molecule has 0 radical (unpaired) electrons. The molecule has 1 N–H and O–H groups in total. The number of hydrogen-bond acceptors (Lipinski definition) is 5. The lowest BCUT2D eigenvalue weighted by atomic mass is 10.3. The Bertz CT molecular complexity index is 1130. The number of carbonyl (C=O) groups excluding carboxylic acids is 1. The van der Waals surface area contributed by atoms with Crippen LogP contribution in [0.4, 0.5) is 14.5 Å². The fourth-order valence-electron chi connectivity index (χ4n) is 2.76. The molecule has 0 saturated carbocycles. The highest BCUT2D eigenvalue weighted by molar-refractivity contribution is 7.89. The first kappa shape index (κ1) is 22.4. The van der Waals surface area contributed by atoms with Gasteiger partial charge in [0.25, 0.3) is 0 Å². The van der Waals surface area contributed by atoms with Gasteiger partial charge in [-0.3, -0.25) is 4.79 Å². The second-order valence-corrected chi connectivity index (χ2v) is 8.37. The molecule has 10 heteroatoms. The average molecular weight is 450 g/mol. The van der Waals surface area contributed by atoms with Crippen LogP contribution in [-0.4, -0.2) is 31.8 Å². The first-order valence-electron chi connectivity index (χ1n) is 9.30. The van der Waals surface area contributed by atoms with E-state index in [9.17, 15) is 22.0 Å². The van der Waals surface area contributed by atoms with Crippen LogP contribution < -0.4 is 10.1 Å². The third-order valence-electron chi connectivity index (χ3n) is 4.21. The lowest BCUT2D eigenvalue weighted by Crippen LogP contribution is -2.37. The number of nitrogens with zero attached hydrogens (tertiary/aromatic N) is 1. The van der Waals surface area contributed by atoms with Crippen LogP contribution in [0.2, 0.25) is 0 Å². The summed E-state index contributed by atoms with van der Waals surface area (Å²) in [7, 11) is -4.09. The summed E-state index contributed by atoms with van der Waals surface area (Å²) < 4.78 is 64.3.